The molecule has 1 N–H and O–H groups in total. The van der Waals surface area contributed by atoms with Crippen LogP contribution in [0.5, 0.6) is 5.75 Å². The first-order valence-electron chi connectivity index (χ1n) is 8.49. The normalized spacial score (nSPS) is 27.0. The van der Waals surface area contributed by atoms with E-state index in [4.69, 9.17) is 9.84 Å². The molecule has 1 saturated carbocycles. The number of alkyl halides is 3. The van der Waals surface area contributed by atoms with Crippen LogP contribution < -0.4 is 4.74 Å². The van der Waals surface area contributed by atoms with Gasteiger partial charge in [-0.1, -0.05) is 36.4 Å². The van der Waals surface area contributed by atoms with Gasteiger partial charge < -0.3 is 9.84 Å². The summed E-state index contributed by atoms with van der Waals surface area (Å²) in [5, 5.41) is 9.00. The Kier molecular flexibility index (Phi) is 3.75. The number of ether oxygens (including phenoxy) is 1. The predicted octanol–water partition coefficient (Wildman–Crippen LogP) is 4.66. The summed E-state index contributed by atoms with van der Waals surface area (Å²) in [6.45, 7) is 0. The van der Waals surface area contributed by atoms with E-state index in [9.17, 15) is 18.0 Å². The monoisotopic (exact) mass is 362 g/mol. The third-order valence-corrected chi connectivity index (χ3v) is 5.36. The van der Waals surface area contributed by atoms with Gasteiger partial charge in [-0.15, -0.1) is 0 Å². The van der Waals surface area contributed by atoms with E-state index < -0.39 is 23.7 Å². The van der Waals surface area contributed by atoms with Crippen molar-refractivity contribution in [2.75, 3.05) is 0 Å². The molecule has 0 bridgehead atoms. The van der Waals surface area contributed by atoms with Crippen molar-refractivity contribution in [1.29, 1.82) is 0 Å². The SMILES string of the molecule is O=C(O)[C@@H]1C[C@H]1c1ccc(O[C@]2(C(F)(F)F)CCc3ccccc32)cc1. The van der Waals surface area contributed by atoms with Crippen molar-refractivity contribution in [3.63, 3.8) is 0 Å². The fourth-order valence-corrected chi connectivity index (χ4v) is 3.86. The maximum absolute atomic E-state index is 13.9. The minimum Gasteiger partial charge on any atom is -0.481 e. The largest absolute Gasteiger partial charge is 0.481 e. The summed E-state index contributed by atoms with van der Waals surface area (Å²) in [7, 11) is 0. The highest BCUT2D eigenvalue weighted by Crippen LogP contribution is 2.51. The van der Waals surface area contributed by atoms with Gasteiger partial charge >= 0.3 is 12.1 Å². The summed E-state index contributed by atoms with van der Waals surface area (Å²) in [6, 6.07) is 12.8. The van der Waals surface area contributed by atoms with Gasteiger partial charge in [0, 0.05) is 12.0 Å². The van der Waals surface area contributed by atoms with Crippen LogP contribution in [0.15, 0.2) is 48.5 Å². The van der Waals surface area contributed by atoms with Gasteiger partial charge in [0.15, 0.2) is 0 Å². The van der Waals surface area contributed by atoms with Crippen molar-refractivity contribution < 1.29 is 27.8 Å². The van der Waals surface area contributed by atoms with E-state index in [0.29, 0.717) is 18.4 Å². The first kappa shape index (κ1) is 16.9. The Morgan fingerprint density at radius 3 is 2.42 bits per heavy atom. The van der Waals surface area contributed by atoms with Crippen LogP contribution in [0.25, 0.3) is 0 Å². The smallest absolute Gasteiger partial charge is 0.432 e. The van der Waals surface area contributed by atoms with Crippen LogP contribution in [-0.4, -0.2) is 17.3 Å². The molecule has 26 heavy (non-hydrogen) atoms. The van der Waals surface area contributed by atoms with Gasteiger partial charge in [-0.2, -0.15) is 13.2 Å². The summed E-state index contributed by atoms with van der Waals surface area (Å²) >= 11 is 0. The highest BCUT2D eigenvalue weighted by atomic mass is 19.4. The van der Waals surface area contributed by atoms with E-state index in [2.05, 4.69) is 0 Å². The van der Waals surface area contributed by atoms with E-state index in [1.807, 2.05) is 0 Å². The van der Waals surface area contributed by atoms with Crippen LogP contribution in [0.2, 0.25) is 0 Å². The molecule has 2 aliphatic carbocycles. The van der Waals surface area contributed by atoms with Gasteiger partial charge in [0.05, 0.1) is 5.92 Å². The Balaban J connectivity index is 1.61. The number of rotatable bonds is 4. The molecule has 2 aromatic rings. The minimum absolute atomic E-state index is 0.0645. The van der Waals surface area contributed by atoms with Crippen LogP contribution in [-0.2, 0) is 16.8 Å². The number of hydrogen-bond donors (Lipinski definition) is 1. The molecule has 0 aromatic heterocycles. The van der Waals surface area contributed by atoms with Crippen LogP contribution in [0, 0.1) is 5.92 Å². The third kappa shape index (κ3) is 2.64. The number of aliphatic carboxylic acids is 1. The molecular formula is C20H17F3O3. The van der Waals surface area contributed by atoms with Crippen molar-refractivity contribution >= 4 is 5.97 Å². The highest BCUT2D eigenvalue weighted by molar-refractivity contribution is 5.75. The van der Waals surface area contributed by atoms with E-state index in [-0.39, 0.29) is 23.7 Å². The molecule has 0 radical (unpaired) electrons. The standard InChI is InChI=1S/C20H17F3O3/c21-20(22,23)19(10-9-13-3-1-2-4-17(13)19)26-14-7-5-12(6-8-14)15-11-16(15)18(24)25/h1-8,15-16H,9-11H2,(H,24,25)/t15-,16+,19+/m0/s1. The molecule has 2 aliphatic rings. The average molecular weight is 362 g/mol. The fraction of sp³-hybridized carbons (Fsp3) is 0.350. The Labute approximate surface area is 148 Å². The van der Waals surface area contributed by atoms with Crippen LogP contribution >= 0.6 is 0 Å². The molecule has 0 unspecified atom stereocenters. The van der Waals surface area contributed by atoms with E-state index >= 15 is 0 Å². The summed E-state index contributed by atoms with van der Waals surface area (Å²) in [4.78, 5) is 11.0. The molecule has 136 valence electrons. The number of carboxylic acid groups (broad SMARTS) is 1. The summed E-state index contributed by atoms with van der Waals surface area (Å²) in [5.74, 6) is -1.17. The zero-order valence-corrected chi connectivity index (χ0v) is 13.8. The third-order valence-electron chi connectivity index (χ3n) is 5.36. The molecule has 4 rings (SSSR count). The van der Waals surface area contributed by atoms with E-state index in [1.54, 1.807) is 30.3 Å². The Morgan fingerprint density at radius 1 is 1.12 bits per heavy atom. The fourth-order valence-electron chi connectivity index (χ4n) is 3.86. The highest BCUT2D eigenvalue weighted by Gasteiger charge is 2.61. The van der Waals surface area contributed by atoms with Gasteiger partial charge in [0.2, 0.25) is 5.60 Å². The van der Waals surface area contributed by atoms with Gasteiger partial charge in [0.25, 0.3) is 0 Å². The van der Waals surface area contributed by atoms with Gasteiger partial charge in [0.1, 0.15) is 5.75 Å². The lowest BCUT2D eigenvalue weighted by molar-refractivity contribution is -0.253. The van der Waals surface area contributed by atoms with Gasteiger partial charge in [-0.25, -0.2) is 0 Å². The van der Waals surface area contributed by atoms with Crippen LogP contribution in [0.3, 0.4) is 0 Å². The Hall–Kier alpha value is -2.50. The van der Waals surface area contributed by atoms with E-state index in [1.165, 1.54) is 18.2 Å². The second-order valence-corrected chi connectivity index (χ2v) is 6.94. The van der Waals surface area contributed by atoms with Crippen molar-refractivity contribution in [1.82, 2.24) is 0 Å². The lowest BCUT2D eigenvalue weighted by atomic mass is 9.94. The predicted molar refractivity (Wildman–Crippen MR) is 88.0 cm³/mol. The van der Waals surface area contributed by atoms with Crippen molar-refractivity contribution in [2.45, 2.75) is 37.0 Å². The van der Waals surface area contributed by atoms with Gasteiger partial charge in [-0.3, -0.25) is 4.79 Å². The summed E-state index contributed by atoms with van der Waals surface area (Å²) in [5.41, 5.74) is -0.694. The Bertz CT molecular complexity index is 844. The molecule has 0 amide bonds. The number of benzene rings is 2. The van der Waals surface area contributed by atoms with Gasteiger partial charge in [-0.05, 0) is 42.0 Å². The molecular weight excluding hydrogens is 345 g/mol. The summed E-state index contributed by atoms with van der Waals surface area (Å²) in [6.07, 6.45) is -3.81. The van der Waals surface area contributed by atoms with Crippen molar-refractivity contribution in [3.05, 3.63) is 65.2 Å². The van der Waals surface area contributed by atoms with Crippen molar-refractivity contribution in [2.24, 2.45) is 5.92 Å². The molecule has 0 spiro atoms. The molecule has 0 aliphatic heterocycles. The number of carbonyl (C=O) groups is 1. The second-order valence-electron chi connectivity index (χ2n) is 6.94. The molecule has 6 heteroatoms. The molecule has 1 fully saturated rings. The number of hydrogen-bond acceptors (Lipinski definition) is 2. The zero-order chi connectivity index (χ0) is 18.5. The number of aryl methyl sites for hydroxylation is 1. The summed E-state index contributed by atoms with van der Waals surface area (Å²) < 4.78 is 47.4. The lowest BCUT2D eigenvalue weighted by Gasteiger charge is -2.33. The maximum atomic E-state index is 13.9. The first-order chi connectivity index (χ1) is 12.3. The maximum Gasteiger partial charge on any atom is 0.432 e. The molecule has 2 aromatic carbocycles. The number of carboxylic acids is 1. The molecule has 3 atom stereocenters. The van der Waals surface area contributed by atoms with Crippen molar-refractivity contribution in [3.8, 4) is 5.75 Å². The molecule has 3 nitrogen and oxygen atoms in total. The first-order valence-corrected chi connectivity index (χ1v) is 8.49. The minimum atomic E-state index is -4.54. The Morgan fingerprint density at radius 2 is 1.81 bits per heavy atom. The second kappa shape index (κ2) is 5.76. The number of fused-ring (bicyclic) bond motifs is 1. The van der Waals surface area contributed by atoms with Crippen LogP contribution in [0.1, 0.15) is 35.4 Å². The molecule has 0 saturated heterocycles. The molecule has 0 heterocycles. The zero-order valence-electron chi connectivity index (χ0n) is 13.8. The number of halogens is 3. The van der Waals surface area contributed by atoms with E-state index in [0.717, 1.165) is 5.56 Å². The quantitative estimate of drug-likeness (QED) is 0.861. The topological polar surface area (TPSA) is 46.5 Å². The van der Waals surface area contributed by atoms with Crippen LogP contribution in [0.4, 0.5) is 13.2 Å². The lowest BCUT2D eigenvalue weighted by Crippen LogP contribution is -2.45. The average Bonchev–Trinajstić information content (AvgIpc) is 3.32.